The molecule has 0 unspecified atom stereocenters. The molecule has 104 valence electrons. The molecule has 0 aliphatic heterocycles. The summed E-state index contributed by atoms with van der Waals surface area (Å²) in [5.41, 5.74) is 1.09. The lowest BCUT2D eigenvalue weighted by Gasteiger charge is -2.28. The van der Waals surface area contributed by atoms with E-state index in [0.717, 1.165) is 18.7 Å². The van der Waals surface area contributed by atoms with E-state index in [2.05, 4.69) is 50.2 Å². The van der Waals surface area contributed by atoms with Crippen molar-refractivity contribution < 1.29 is 0 Å². The Balaban J connectivity index is 2.17. The first-order valence-electron chi connectivity index (χ1n) is 6.58. The average molecular weight is 372 g/mol. The monoisotopic (exact) mass is 370 g/mol. The number of benzene rings is 1. The molecular formula is C15H13BrCl2N2. The Morgan fingerprint density at radius 3 is 2.05 bits per heavy atom. The maximum Gasteiger partial charge on any atom is 0.148 e. The number of nitrogens with zero attached hydrogens (tertiary/aromatic N) is 2. The molecule has 1 aromatic heterocycles. The quantitative estimate of drug-likeness (QED) is 0.660. The molecule has 1 aliphatic carbocycles. The average Bonchev–Trinajstić information content (AvgIpc) is 2.96. The first-order valence-corrected chi connectivity index (χ1v) is 8.13. The zero-order chi connectivity index (χ0) is 14.2. The van der Waals surface area contributed by atoms with Crippen molar-refractivity contribution in [1.29, 1.82) is 0 Å². The predicted octanol–water partition coefficient (Wildman–Crippen LogP) is 5.41. The summed E-state index contributed by atoms with van der Waals surface area (Å²) in [5, 5.41) is 0.754. The van der Waals surface area contributed by atoms with Crippen LogP contribution in [0.3, 0.4) is 0 Å². The summed E-state index contributed by atoms with van der Waals surface area (Å²) >= 11 is 15.6. The fraction of sp³-hybridized carbons (Fsp3) is 0.333. The van der Waals surface area contributed by atoms with E-state index in [-0.39, 0.29) is 5.41 Å². The van der Waals surface area contributed by atoms with Crippen molar-refractivity contribution >= 4 is 39.1 Å². The van der Waals surface area contributed by atoms with Crippen LogP contribution < -0.4 is 0 Å². The predicted molar refractivity (Wildman–Crippen MR) is 85.4 cm³/mol. The minimum absolute atomic E-state index is 0.158. The SMILES string of the molecule is Clc1nc(C2(c3ccccc3)CCCC2)nc(Cl)c1Br. The van der Waals surface area contributed by atoms with Crippen molar-refractivity contribution in [1.82, 2.24) is 9.97 Å². The summed E-state index contributed by atoms with van der Waals surface area (Å²) < 4.78 is 0.561. The zero-order valence-electron chi connectivity index (χ0n) is 10.7. The van der Waals surface area contributed by atoms with Crippen molar-refractivity contribution in [2.75, 3.05) is 0 Å². The fourth-order valence-corrected chi connectivity index (χ4v) is 3.55. The Labute approximate surface area is 136 Å². The van der Waals surface area contributed by atoms with E-state index in [0.29, 0.717) is 14.8 Å². The van der Waals surface area contributed by atoms with Gasteiger partial charge in [-0.05, 0) is 34.3 Å². The molecular weight excluding hydrogens is 359 g/mol. The maximum absolute atomic E-state index is 6.16. The van der Waals surface area contributed by atoms with Gasteiger partial charge in [-0.15, -0.1) is 0 Å². The minimum atomic E-state index is -0.158. The maximum atomic E-state index is 6.16. The summed E-state index contributed by atoms with van der Waals surface area (Å²) in [6, 6.07) is 10.4. The van der Waals surface area contributed by atoms with Gasteiger partial charge in [0.05, 0.1) is 9.89 Å². The molecule has 1 fully saturated rings. The van der Waals surface area contributed by atoms with Crippen molar-refractivity contribution in [3.05, 3.63) is 56.5 Å². The van der Waals surface area contributed by atoms with Gasteiger partial charge in [0, 0.05) is 0 Å². The van der Waals surface area contributed by atoms with Gasteiger partial charge in [-0.25, -0.2) is 9.97 Å². The van der Waals surface area contributed by atoms with E-state index < -0.39 is 0 Å². The molecule has 0 saturated heterocycles. The number of hydrogen-bond donors (Lipinski definition) is 0. The number of aromatic nitrogens is 2. The van der Waals surface area contributed by atoms with Gasteiger partial charge in [0.25, 0.3) is 0 Å². The summed E-state index contributed by atoms with van der Waals surface area (Å²) in [6.45, 7) is 0. The first-order chi connectivity index (χ1) is 9.63. The third-order valence-electron chi connectivity index (χ3n) is 3.98. The highest BCUT2D eigenvalue weighted by Gasteiger charge is 2.40. The van der Waals surface area contributed by atoms with E-state index in [9.17, 15) is 0 Å². The Morgan fingerprint density at radius 2 is 1.50 bits per heavy atom. The van der Waals surface area contributed by atoms with Gasteiger partial charge in [0.2, 0.25) is 0 Å². The number of rotatable bonds is 2. The highest BCUT2D eigenvalue weighted by Crippen LogP contribution is 2.46. The van der Waals surface area contributed by atoms with Gasteiger partial charge in [0.15, 0.2) is 0 Å². The summed E-state index contributed by atoms with van der Waals surface area (Å²) in [6.07, 6.45) is 4.41. The van der Waals surface area contributed by atoms with Crippen LogP contribution in [0.5, 0.6) is 0 Å². The molecule has 0 radical (unpaired) electrons. The minimum Gasteiger partial charge on any atom is -0.219 e. The highest BCUT2D eigenvalue weighted by molar-refractivity contribution is 9.10. The molecule has 0 N–H and O–H groups in total. The largest absolute Gasteiger partial charge is 0.219 e. The topological polar surface area (TPSA) is 25.8 Å². The van der Waals surface area contributed by atoms with Crippen LogP contribution in [0, 0.1) is 0 Å². The molecule has 0 atom stereocenters. The molecule has 2 aromatic rings. The number of halogens is 3. The smallest absolute Gasteiger partial charge is 0.148 e. The lowest BCUT2D eigenvalue weighted by molar-refractivity contribution is 0.499. The van der Waals surface area contributed by atoms with Crippen LogP contribution in [0.2, 0.25) is 10.3 Å². The Morgan fingerprint density at radius 1 is 0.950 bits per heavy atom. The summed E-state index contributed by atoms with van der Waals surface area (Å²) in [5.74, 6) is 0.736. The van der Waals surface area contributed by atoms with E-state index in [1.807, 2.05) is 6.07 Å². The third-order valence-corrected chi connectivity index (χ3v) is 5.74. The third kappa shape index (κ3) is 2.36. The highest BCUT2D eigenvalue weighted by atomic mass is 79.9. The Kier molecular flexibility index (Phi) is 4.02. The molecule has 0 amide bonds. The van der Waals surface area contributed by atoms with Gasteiger partial charge in [-0.2, -0.15) is 0 Å². The second-order valence-electron chi connectivity index (χ2n) is 5.10. The zero-order valence-corrected chi connectivity index (χ0v) is 13.8. The first kappa shape index (κ1) is 14.3. The van der Waals surface area contributed by atoms with Crippen molar-refractivity contribution in [2.24, 2.45) is 0 Å². The summed E-state index contributed by atoms with van der Waals surface area (Å²) in [7, 11) is 0. The second-order valence-corrected chi connectivity index (χ2v) is 6.61. The molecule has 0 bridgehead atoms. The van der Waals surface area contributed by atoms with E-state index >= 15 is 0 Å². The van der Waals surface area contributed by atoms with Crippen molar-refractivity contribution in [3.63, 3.8) is 0 Å². The van der Waals surface area contributed by atoms with Crippen LogP contribution in [0.15, 0.2) is 34.8 Å². The van der Waals surface area contributed by atoms with Crippen LogP contribution in [-0.2, 0) is 5.41 Å². The van der Waals surface area contributed by atoms with Crippen molar-refractivity contribution in [3.8, 4) is 0 Å². The lowest BCUT2D eigenvalue weighted by Crippen LogP contribution is -2.27. The fourth-order valence-electron chi connectivity index (χ4n) is 2.99. The van der Waals surface area contributed by atoms with Gasteiger partial charge in [-0.3, -0.25) is 0 Å². The molecule has 1 aliphatic rings. The van der Waals surface area contributed by atoms with E-state index in [1.165, 1.54) is 18.4 Å². The second kappa shape index (κ2) is 5.63. The molecule has 3 rings (SSSR count). The molecule has 5 heteroatoms. The molecule has 20 heavy (non-hydrogen) atoms. The lowest BCUT2D eigenvalue weighted by atomic mass is 9.78. The molecule has 2 nitrogen and oxygen atoms in total. The molecule has 1 heterocycles. The van der Waals surface area contributed by atoms with Crippen molar-refractivity contribution in [2.45, 2.75) is 31.1 Å². The normalized spacial score (nSPS) is 17.4. The Hall–Kier alpha value is -0.640. The van der Waals surface area contributed by atoms with Crippen LogP contribution in [0.4, 0.5) is 0 Å². The number of hydrogen-bond acceptors (Lipinski definition) is 2. The van der Waals surface area contributed by atoms with E-state index in [4.69, 9.17) is 23.2 Å². The molecule has 0 spiro atoms. The Bertz CT molecular complexity index is 602. The van der Waals surface area contributed by atoms with Gasteiger partial charge < -0.3 is 0 Å². The van der Waals surface area contributed by atoms with Crippen LogP contribution in [0.25, 0.3) is 0 Å². The van der Waals surface area contributed by atoms with Crippen LogP contribution in [0.1, 0.15) is 37.1 Å². The standard InChI is InChI=1S/C15H13BrCl2N2/c16-11-12(17)19-14(20-13(11)18)15(8-4-5-9-15)10-6-2-1-3-7-10/h1-3,6-7H,4-5,8-9H2. The summed E-state index contributed by atoms with van der Waals surface area (Å²) in [4.78, 5) is 8.97. The van der Waals surface area contributed by atoms with Gasteiger partial charge in [0.1, 0.15) is 16.1 Å². The van der Waals surface area contributed by atoms with Gasteiger partial charge >= 0.3 is 0 Å². The molecule has 1 aromatic carbocycles. The van der Waals surface area contributed by atoms with Crippen LogP contribution in [-0.4, -0.2) is 9.97 Å². The van der Waals surface area contributed by atoms with E-state index in [1.54, 1.807) is 0 Å². The van der Waals surface area contributed by atoms with Gasteiger partial charge in [-0.1, -0.05) is 66.4 Å². The molecule has 1 saturated carbocycles. The van der Waals surface area contributed by atoms with Crippen LogP contribution >= 0.6 is 39.1 Å².